The Labute approximate surface area is 251 Å². The highest BCUT2D eigenvalue weighted by molar-refractivity contribution is 7.86. The first-order valence-corrected chi connectivity index (χ1v) is 19.7. The maximum absolute atomic E-state index is 11.3. The van der Waals surface area contributed by atoms with E-state index < -0.39 is 24.5 Å². The first-order chi connectivity index (χ1) is 19.6. The Balaban J connectivity index is 1.50. The molecule has 1 aliphatic rings. The van der Waals surface area contributed by atoms with Gasteiger partial charge in [-0.3, -0.25) is 8.86 Å². The van der Waals surface area contributed by atoms with Crippen LogP contribution in [0.5, 0.6) is 5.75 Å². The van der Waals surface area contributed by atoms with Crippen LogP contribution in [0.15, 0.2) is 30.6 Å². The first-order valence-electron chi connectivity index (χ1n) is 14.9. The van der Waals surface area contributed by atoms with Crippen LogP contribution in [0.3, 0.4) is 0 Å². The minimum atomic E-state index is -3.46. The smallest absolute Gasteiger partial charge is 0.264 e. The number of benzene rings is 1. The molecule has 0 saturated carbocycles. The maximum Gasteiger partial charge on any atom is 0.264 e. The Hall–Kier alpha value is -2.25. The zero-order valence-corrected chi connectivity index (χ0v) is 28.2. The van der Waals surface area contributed by atoms with Crippen LogP contribution < -0.4 is 4.43 Å². The van der Waals surface area contributed by atoms with E-state index in [0.29, 0.717) is 26.2 Å². The highest BCUT2D eigenvalue weighted by Gasteiger charge is 2.39. The van der Waals surface area contributed by atoms with E-state index >= 15 is 0 Å². The standard InChI is InChI=1S/C30H48N4O6SSi/c1-22(21-37-16-14-23(2)39-41(6,35)36)19-33-20-24(18-31-33)29-26-17-25(40-42(7,8)30(3,4)5)12-13-27(26)34(32-29)28-11-9-10-15-38-28/h12-13,17-18,20,22-23,28H,9-11,14-16,19,21H2,1-8H3. The first kappa shape index (κ1) is 32.7. The fraction of sp³-hybridized carbons (Fsp3) is 0.667. The second-order valence-electron chi connectivity index (χ2n) is 13.2. The summed E-state index contributed by atoms with van der Waals surface area (Å²) in [6.07, 6.45) is 8.11. The van der Waals surface area contributed by atoms with E-state index in [1.54, 1.807) is 6.92 Å². The van der Waals surface area contributed by atoms with Gasteiger partial charge in [0.25, 0.3) is 10.1 Å². The summed E-state index contributed by atoms with van der Waals surface area (Å²) >= 11 is 0. The molecule has 0 spiro atoms. The fourth-order valence-electron chi connectivity index (χ4n) is 4.82. The van der Waals surface area contributed by atoms with Crippen molar-refractivity contribution in [3.05, 3.63) is 30.6 Å². The molecule has 1 aliphatic heterocycles. The van der Waals surface area contributed by atoms with Crippen molar-refractivity contribution in [1.29, 1.82) is 0 Å². The monoisotopic (exact) mass is 620 g/mol. The summed E-state index contributed by atoms with van der Waals surface area (Å²) in [4.78, 5) is 0. The van der Waals surface area contributed by atoms with Gasteiger partial charge in [0.05, 0.1) is 30.7 Å². The quantitative estimate of drug-likeness (QED) is 0.123. The third-order valence-corrected chi connectivity index (χ3v) is 13.1. The number of fused-ring (bicyclic) bond motifs is 1. The predicted octanol–water partition coefficient (Wildman–Crippen LogP) is 6.39. The summed E-state index contributed by atoms with van der Waals surface area (Å²) in [5.74, 6) is 1.08. The number of hydrogen-bond acceptors (Lipinski definition) is 8. The molecule has 1 saturated heterocycles. The van der Waals surface area contributed by atoms with Crippen LogP contribution >= 0.6 is 0 Å². The van der Waals surface area contributed by atoms with Crippen LogP contribution in [0, 0.1) is 5.92 Å². The number of aromatic nitrogens is 4. The van der Waals surface area contributed by atoms with Crippen LogP contribution in [0.2, 0.25) is 18.1 Å². The molecular weight excluding hydrogens is 573 g/mol. The van der Waals surface area contributed by atoms with Crippen LogP contribution in [0.4, 0.5) is 0 Å². The van der Waals surface area contributed by atoms with Crippen molar-refractivity contribution in [3.8, 4) is 17.0 Å². The molecule has 3 atom stereocenters. The minimum absolute atomic E-state index is 0.0834. The van der Waals surface area contributed by atoms with Crippen LogP contribution in [-0.4, -0.2) is 68.5 Å². The second kappa shape index (κ2) is 13.2. The van der Waals surface area contributed by atoms with Gasteiger partial charge in [0.1, 0.15) is 11.4 Å². The summed E-state index contributed by atoms with van der Waals surface area (Å²) in [7, 11) is -5.47. The van der Waals surface area contributed by atoms with Crippen molar-refractivity contribution in [3.63, 3.8) is 0 Å². The summed E-state index contributed by atoms with van der Waals surface area (Å²) in [5.41, 5.74) is 2.84. The lowest BCUT2D eigenvalue weighted by Gasteiger charge is -2.36. The summed E-state index contributed by atoms with van der Waals surface area (Å²) in [6.45, 7) is 17.5. The van der Waals surface area contributed by atoms with Crippen LogP contribution in [0.25, 0.3) is 22.2 Å². The van der Waals surface area contributed by atoms with E-state index in [4.69, 9.17) is 23.2 Å². The second-order valence-corrected chi connectivity index (χ2v) is 19.5. The van der Waals surface area contributed by atoms with Crippen LogP contribution in [-0.2, 0) is 30.3 Å². The molecule has 42 heavy (non-hydrogen) atoms. The highest BCUT2D eigenvalue weighted by atomic mass is 32.2. The van der Waals surface area contributed by atoms with Gasteiger partial charge < -0.3 is 13.9 Å². The molecule has 12 heteroatoms. The van der Waals surface area contributed by atoms with E-state index in [-0.39, 0.29) is 17.2 Å². The van der Waals surface area contributed by atoms with Gasteiger partial charge in [-0.2, -0.15) is 18.6 Å². The Kier molecular flexibility index (Phi) is 10.2. The molecule has 0 amide bonds. The SMILES string of the molecule is CC(COCCC(C)OS(C)(=O)=O)Cn1cc(-c2nn(C3CCCCO3)c3ccc(O[Si](C)(C)C(C)(C)C)cc23)cn1. The average Bonchev–Trinajstić information content (AvgIpc) is 3.49. The van der Waals surface area contributed by atoms with Gasteiger partial charge in [-0.1, -0.05) is 27.7 Å². The van der Waals surface area contributed by atoms with Crippen molar-refractivity contribution in [2.75, 3.05) is 26.1 Å². The molecule has 0 radical (unpaired) electrons. The molecule has 1 aromatic carbocycles. The molecule has 3 heterocycles. The van der Waals surface area contributed by atoms with Crippen LogP contribution in [0.1, 0.15) is 66.5 Å². The molecule has 234 valence electrons. The third-order valence-electron chi connectivity index (χ3n) is 8.10. The van der Waals surface area contributed by atoms with E-state index in [0.717, 1.165) is 60.0 Å². The summed E-state index contributed by atoms with van der Waals surface area (Å²) < 4.78 is 50.0. The van der Waals surface area contributed by atoms with Crippen molar-refractivity contribution in [2.45, 2.75) is 97.3 Å². The molecule has 4 rings (SSSR count). The molecule has 1 fully saturated rings. The lowest BCUT2D eigenvalue weighted by atomic mass is 10.1. The van der Waals surface area contributed by atoms with Gasteiger partial charge in [-0.15, -0.1) is 0 Å². The lowest BCUT2D eigenvalue weighted by molar-refractivity contribution is -0.0365. The Morgan fingerprint density at radius 1 is 1.19 bits per heavy atom. The molecule has 0 N–H and O–H groups in total. The van der Waals surface area contributed by atoms with Gasteiger partial charge >= 0.3 is 0 Å². The van der Waals surface area contributed by atoms with E-state index in [2.05, 4.69) is 64.1 Å². The van der Waals surface area contributed by atoms with Gasteiger partial charge in [0.15, 0.2) is 6.23 Å². The van der Waals surface area contributed by atoms with Crippen molar-refractivity contribution in [1.82, 2.24) is 19.6 Å². The highest BCUT2D eigenvalue weighted by Crippen LogP contribution is 2.39. The van der Waals surface area contributed by atoms with Gasteiger partial charge in [-0.25, -0.2) is 4.68 Å². The van der Waals surface area contributed by atoms with Crippen molar-refractivity contribution >= 4 is 29.3 Å². The number of ether oxygens (including phenoxy) is 2. The van der Waals surface area contributed by atoms with Gasteiger partial charge in [0, 0.05) is 36.9 Å². The lowest BCUT2D eigenvalue weighted by Crippen LogP contribution is -2.43. The average molecular weight is 621 g/mol. The molecule has 0 aliphatic carbocycles. The predicted molar refractivity (Wildman–Crippen MR) is 168 cm³/mol. The number of hydrogen-bond donors (Lipinski definition) is 0. The molecule has 2 aromatic heterocycles. The molecular formula is C30H48N4O6SSi. The third kappa shape index (κ3) is 8.43. The Bertz CT molecular complexity index is 1440. The van der Waals surface area contributed by atoms with Crippen molar-refractivity contribution in [2.24, 2.45) is 5.92 Å². The molecule has 0 bridgehead atoms. The van der Waals surface area contributed by atoms with Gasteiger partial charge in [-0.05, 0) is 74.9 Å². The van der Waals surface area contributed by atoms with Crippen molar-refractivity contribution < 1.29 is 26.5 Å². The minimum Gasteiger partial charge on any atom is -0.543 e. The zero-order valence-electron chi connectivity index (χ0n) is 26.4. The topological polar surface area (TPSA) is 107 Å². The van der Waals surface area contributed by atoms with E-state index in [9.17, 15) is 8.42 Å². The summed E-state index contributed by atoms with van der Waals surface area (Å²) in [6, 6.07) is 6.30. The Morgan fingerprint density at radius 3 is 2.62 bits per heavy atom. The zero-order chi connectivity index (χ0) is 30.7. The van der Waals surface area contributed by atoms with E-state index in [1.807, 2.05) is 21.8 Å². The molecule has 10 nitrogen and oxygen atoms in total. The molecule has 3 unspecified atom stereocenters. The number of rotatable bonds is 13. The maximum atomic E-state index is 11.3. The summed E-state index contributed by atoms with van der Waals surface area (Å²) in [5, 5.41) is 10.8. The van der Waals surface area contributed by atoms with E-state index in [1.165, 1.54) is 0 Å². The Morgan fingerprint density at radius 2 is 1.95 bits per heavy atom. The normalized spacial score (nSPS) is 18.3. The van der Waals surface area contributed by atoms with Gasteiger partial charge in [0.2, 0.25) is 8.32 Å². The molecule has 3 aromatic rings. The number of nitrogens with zero attached hydrogens (tertiary/aromatic N) is 4. The largest absolute Gasteiger partial charge is 0.543 e. The fourth-order valence-corrected chi connectivity index (χ4v) is 6.53.